The number of carboxylic acid groups (broad SMARTS) is 1. The monoisotopic (exact) mass is 289 g/mol. The van der Waals surface area contributed by atoms with Crippen LogP contribution in [-0.2, 0) is 13.0 Å². The van der Waals surface area contributed by atoms with Crippen LogP contribution in [0.4, 0.5) is 0 Å². The minimum absolute atomic E-state index is 0.190. The summed E-state index contributed by atoms with van der Waals surface area (Å²) >= 11 is 0. The minimum Gasteiger partial charge on any atom is -0.477 e. The van der Waals surface area contributed by atoms with Gasteiger partial charge in [-0.25, -0.2) is 4.79 Å². The fourth-order valence-electron chi connectivity index (χ4n) is 2.19. The molecule has 0 amide bonds. The molecule has 0 aromatic carbocycles. The zero-order valence-electron chi connectivity index (χ0n) is 11.6. The summed E-state index contributed by atoms with van der Waals surface area (Å²) in [6, 6.07) is 1.62. The van der Waals surface area contributed by atoms with Crippen LogP contribution in [-0.4, -0.2) is 25.8 Å². The molecule has 1 aliphatic carbocycles. The Morgan fingerprint density at radius 2 is 2.29 bits per heavy atom. The summed E-state index contributed by atoms with van der Waals surface area (Å²) in [5.41, 5.74) is -0.239. The van der Waals surface area contributed by atoms with Crippen molar-refractivity contribution in [3.63, 3.8) is 0 Å². The number of nitrogens with zero attached hydrogens (tertiary/aromatic N) is 3. The van der Waals surface area contributed by atoms with E-state index in [4.69, 9.17) is 9.63 Å². The number of aryl methyl sites for hydroxylation is 3. The normalized spacial score (nSPS) is 14.3. The molecule has 0 radical (unpaired) electrons. The summed E-state index contributed by atoms with van der Waals surface area (Å²) in [5.74, 6) is 0.392. The van der Waals surface area contributed by atoms with Gasteiger partial charge in [0.2, 0.25) is 5.89 Å². The Labute approximate surface area is 120 Å². The highest BCUT2D eigenvalue weighted by atomic mass is 16.5. The maximum Gasteiger partial charge on any atom is 0.341 e. The highest BCUT2D eigenvalue weighted by molar-refractivity contribution is 5.88. The van der Waals surface area contributed by atoms with Gasteiger partial charge in [-0.3, -0.25) is 4.79 Å². The summed E-state index contributed by atoms with van der Waals surface area (Å²) in [5, 5.41) is 13.0. The SMILES string of the molecule is Cc1ccn(CCc2noc(C3CC3)n2)c(=O)c1C(=O)O. The highest BCUT2D eigenvalue weighted by Crippen LogP contribution is 2.38. The van der Waals surface area contributed by atoms with Gasteiger partial charge in [-0.1, -0.05) is 5.16 Å². The fraction of sp³-hybridized carbons (Fsp3) is 0.429. The second-order valence-corrected chi connectivity index (χ2v) is 5.25. The van der Waals surface area contributed by atoms with E-state index in [9.17, 15) is 9.59 Å². The Balaban J connectivity index is 1.76. The van der Waals surface area contributed by atoms with Crippen molar-refractivity contribution in [3.05, 3.63) is 45.5 Å². The van der Waals surface area contributed by atoms with Gasteiger partial charge >= 0.3 is 5.97 Å². The molecule has 0 spiro atoms. The lowest BCUT2D eigenvalue weighted by atomic mass is 10.1. The van der Waals surface area contributed by atoms with Crippen LogP contribution in [0.2, 0.25) is 0 Å². The van der Waals surface area contributed by atoms with Crippen LogP contribution >= 0.6 is 0 Å². The third-order valence-corrected chi connectivity index (χ3v) is 3.57. The van der Waals surface area contributed by atoms with E-state index in [1.54, 1.807) is 19.2 Å². The molecule has 21 heavy (non-hydrogen) atoms. The van der Waals surface area contributed by atoms with Gasteiger partial charge in [0.05, 0.1) is 0 Å². The highest BCUT2D eigenvalue weighted by Gasteiger charge is 2.29. The lowest BCUT2D eigenvalue weighted by Gasteiger charge is -2.06. The van der Waals surface area contributed by atoms with Crippen LogP contribution in [0.25, 0.3) is 0 Å². The van der Waals surface area contributed by atoms with E-state index in [0.717, 1.165) is 12.8 Å². The largest absolute Gasteiger partial charge is 0.477 e. The molecule has 1 fully saturated rings. The van der Waals surface area contributed by atoms with Gasteiger partial charge in [0.15, 0.2) is 5.82 Å². The van der Waals surface area contributed by atoms with Crippen molar-refractivity contribution >= 4 is 5.97 Å². The van der Waals surface area contributed by atoms with Crippen molar-refractivity contribution in [2.24, 2.45) is 0 Å². The second-order valence-electron chi connectivity index (χ2n) is 5.25. The van der Waals surface area contributed by atoms with Crippen molar-refractivity contribution in [3.8, 4) is 0 Å². The van der Waals surface area contributed by atoms with Gasteiger partial charge in [0.1, 0.15) is 5.56 Å². The molecule has 110 valence electrons. The molecule has 0 atom stereocenters. The predicted molar refractivity (Wildman–Crippen MR) is 72.4 cm³/mol. The standard InChI is InChI=1S/C14H15N3O4/c1-8-4-6-17(13(18)11(8)14(19)20)7-5-10-15-12(21-16-10)9-2-3-9/h4,6,9H,2-3,5,7H2,1H3,(H,19,20). The van der Waals surface area contributed by atoms with Crippen molar-refractivity contribution < 1.29 is 14.4 Å². The van der Waals surface area contributed by atoms with Crippen LogP contribution in [0.5, 0.6) is 0 Å². The third-order valence-electron chi connectivity index (χ3n) is 3.57. The first-order chi connectivity index (χ1) is 10.1. The number of rotatable bonds is 5. The van der Waals surface area contributed by atoms with Gasteiger partial charge < -0.3 is 14.2 Å². The number of hydrogen-bond acceptors (Lipinski definition) is 5. The molecule has 7 nitrogen and oxygen atoms in total. The molecule has 1 aliphatic rings. The van der Waals surface area contributed by atoms with Crippen LogP contribution in [0.15, 0.2) is 21.6 Å². The lowest BCUT2D eigenvalue weighted by Crippen LogP contribution is -2.27. The number of pyridine rings is 1. The number of hydrogen-bond donors (Lipinski definition) is 1. The molecule has 2 aromatic heterocycles. The van der Waals surface area contributed by atoms with Crippen LogP contribution < -0.4 is 5.56 Å². The first-order valence-corrected chi connectivity index (χ1v) is 6.82. The smallest absolute Gasteiger partial charge is 0.341 e. The fourth-order valence-corrected chi connectivity index (χ4v) is 2.19. The Morgan fingerprint density at radius 1 is 1.52 bits per heavy atom. The predicted octanol–water partition coefficient (Wildman–Crippen LogP) is 1.36. The van der Waals surface area contributed by atoms with Gasteiger partial charge in [-0.05, 0) is 31.4 Å². The van der Waals surface area contributed by atoms with Crippen molar-refractivity contribution in [1.29, 1.82) is 0 Å². The number of carboxylic acids is 1. The number of carbonyl (C=O) groups is 1. The van der Waals surface area contributed by atoms with Gasteiger partial charge in [-0.2, -0.15) is 4.98 Å². The van der Waals surface area contributed by atoms with E-state index in [2.05, 4.69) is 10.1 Å². The molecule has 1 N–H and O–H groups in total. The van der Waals surface area contributed by atoms with Crippen LogP contribution in [0.1, 0.15) is 46.4 Å². The molecule has 1 saturated carbocycles. The molecule has 0 aliphatic heterocycles. The molecule has 2 heterocycles. The third kappa shape index (κ3) is 2.72. The zero-order chi connectivity index (χ0) is 15.0. The number of aromatic nitrogens is 3. The summed E-state index contributed by atoms with van der Waals surface area (Å²) in [7, 11) is 0. The summed E-state index contributed by atoms with van der Waals surface area (Å²) in [6.07, 6.45) is 4.19. The quantitative estimate of drug-likeness (QED) is 0.892. The summed E-state index contributed by atoms with van der Waals surface area (Å²) in [4.78, 5) is 27.5. The zero-order valence-corrected chi connectivity index (χ0v) is 11.6. The van der Waals surface area contributed by atoms with Crippen LogP contribution in [0, 0.1) is 6.92 Å². The van der Waals surface area contributed by atoms with E-state index >= 15 is 0 Å². The average molecular weight is 289 g/mol. The molecule has 0 saturated heterocycles. The van der Waals surface area contributed by atoms with E-state index < -0.39 is 11.5 Å². The first kappa shape index (κ1) is 13.5. The molecule has 0 unspecified atom stereocenters. The van der Waals surface area contributed by atoms with Gasteiger partial charge in [-0.15, -0.1) is 0 Å². The average Bonchev–Trinajstić information content (AvgIpc) is 3.17. The maximum atomic E-state index is 12.1. The molecule has 0 bridgehead atoms. The van der Waals surface area contributed by atoms with Gasteiger partial charge in [0, 0.05) is 25.1 Å². The Hall–Kier alpha value is -2.44. The Kier molecular flexibility index (Phi) is 3.32. The summed E-state index contributed by atoms with van der Waals surface area (Å²) < 4.78 is 6.51. The first-order valence-electron chi connectivity index (χ1n) is 6.82. The van der Waals surface area contributed by atoms with E-state index in [-0.39, 0.29) is 5.56 Å². The van der Waals surface area contributed by atoms with Crippen molar-refractivity contribution in [1.82, 2.24) is 14.7 Å². The van der Waals surface area contributed by atoms with E-state index in [0.29, 0.717) is 36.2 Å². The molecule has 3 rings (SSSR count). The van der Waals surface area contributed by atoms with Crippen LogP contribution in [0.3, 0.4) is 0 Å². The Bertz CT molecular complexity index is 743. The maximum absolute atomic E-state index is 12.1. The molecular weight excluding hydrogens is 274 g/mol. The van der Waals surface area contributed by atoms with E-state index in [1.807, 2.05) is 0 Å². The Morgan fingerprint density at radius 3 is 2.95 bits per heavy atom. The van der Waals surface area contributed by atoms with Crippen molar-refractivity contribution in [2.75, 3.05) is 0 Å². The molecule has 2 aromatic rings. The number of aromatic carboxylic acids is 1. The molecular formula is C14H15N3O4. The molecule has 7 heteroatoms. The minimum atomic E-state index is -1.21. The topological polar surface area (TPSA) is 98.2 Å². The van der Waals surface area contributed by atoms with E-state index in [1.165, 1.54) is 4.57 Å². The van der Waals surface area contributed by atoms with Gasteiger partial charge in [0.25, 0.3) is 5.56 Å². The lowest BCUT2D eigenvalue weighted by molar-refractivity contribution is 0.0693. The second kappa shape index (κ2) is 5.16. The summed E-state index contributed by atoms with van der Waals surface area (Å²) in [6.45, 7) is 1.93. The van der Waals surface area contributed by atoms with Crippen molar-refractivity contribution in [2.45, 2.75) is 38.6 Å².